The van der Waals surface area contributed by atoms with Crippen LogP contribution in [0.4, 0.5) is 9.59 Å². The van der Waals surface area contributed by atoms with Crippen molar-refractivity contribution in [3.8, 4) is 16.9 Å². The summed E-state index contributed by atoms with van der Waals surface area (Å²) in [6.45, 7) is 5.36. The monoisotopic (exact) mass is 486 g/mol. The quantitative estimate of drug-likeness (QED) is 0.422. The Balaban J connectivity index is 1.87. The molecule has 3 rings (SSSR count). The van der Waals surface area contributed by atoms with Gasteiger partial charge in [0.15, 0.2) is 6.10 Å². The van der Waals surface area contributed by atoms with Gasteiger partial charge in [-0.2, -0.15) is 5.10 Å². The fraction of sp³-hybridized carbons (Fsp3) is 0.333. The van der Waals surface area contributed by atoms with Crippen LogP contribution in [0.2, 0.25) is 0 Å². The lowest BCUT2D eigenvalue weighted by molar-refractivity contribution is -0.0779. The van der Waals surface area contributed by atoms with E-state index in [1.54, 1.807) is 6.92 Å². The molecule has 180 valence electrons. The smallest absolute Gasteiger partial charge is 0.417 e. The molecular formula is C24H27ClN4O5. The number of ether oxygens (including phenoxy) is 3. The fourth-order valence-electron chi connectivity index (χ4n) is 3.17. The van der Waals surface area contributed by atoms with Crippen LogP contribution in [0.5, 0.6) is 5.75 Å². The number of hydrogen-bond acceptors (Lipinski definition) is 7. The molecule has 3 aromatic rings. The Bertz CT molecular complexity index is 1060. The first kappa shape index (κ1) is 25.0. The van der Waals surface area contributed by atoms with Crippen molar-refractivity contribution >= 4 is 23.8 Å². The topological polar surface area (TPSA) is 105 Å². The normalized spacial score (nSPS) is 12.9. The third-order valence-corrected chi connectivity index (χ3v) is 5.69. The molecule has 0 aliphatic carbocycles. The number of carbonyl (C=O) groups excluding carboxylic acids is 2. The average Bonchev–Trinajstić information content (AvgIpc) is 3.37. The number of nitrogens with one attached hydrogen (secondary N) is 1. The minimum atomic E-state index is -0.991. The lowest BCUT2D eigenvalue weighted by atomic mass is 9.87. The first-order valence-corrected chi connectivity index (χ1v) is 11.2. The number of amides is 2. The highest BCUT2D eigenvalue weighted by atomic mass is 35.5. The van der Waals surface area contributed by atoms with Crippen molar-refractivity contribution in [1.29, 1.82) is 0 Å². The Morgan fingerprint density at radius 3 is 2.32 bits per heavy atom. The van der Waals surface area contributed by atoms with Crippen LogP contribution < -0.4 is 10.1 Å². The molecule has 1 N–H and O–H groups in total. The van der Waals surface area contributed by atoms with Crippen molar-refractivity contribution in [3.63, 3.8) is 0 Å². The van der Waals surface area contributed by atoms with Crippen molar-refractivity contribution in [1.82, 2.24) is 20.1 Å². The zero-order valence-electron chi connectivity index (χ0n) is 19.2. The Morgan fingerprint density at radius 1 is 1.06 bits per heavy atom. The molecule has 0 bridgehead atoms. The summed E-state index contributed by atoms with van der Waals surface area (Å²) >= 11 is 6.22. The van der Waals surface area contributed by atoms with Crippen molar-refractivity contribution in [3.05, 3.63) is 67.3 Å². The lowest BCUT2D eigenvalue weighted by Crippen LogP contribution is -2.47. The number of alkyl carbamates (subject to hydrolysis) is 2. The van der Waals surface area contributed by atoms with E-state index in [0.717, 1.165) is 11.1 Å². The van der Waals surface area contributed by atoms with Gasteiger partial charge in [0.1, 0.15) is 18.4 Å². The second kappa shape index (κ2) is 11.5. The van der Waals surface area contributed by atoms with E-state index in [0.29, 0.717) is 5.75 Å². The van der Waals surface area contributed by atoms with E-state index in [1.807, 2.05) is 73.8 Å². The predicted molar refractivity (Wildman–Crippen MR) is 126 cm³/mol. The summed E-state index contributed by atoms with van der Waals surface area (Å²) in [7, 11) is 0. The average molecular weight is 487 g/mol. The zero-order valence-corrected chi connectivity index (χ0v) is 19.9. The summed E-state index contributed by atoms with van der Waals surface area (Å²) < 4.78 is 18.0. The Hall–Kier alpha value is -3.59. The van der Waals surface area contributed by atoms with Crippen molar-refractivity contribution < 1.29 is 23.8 Å². The number of carbonyl (C=O) groups is 2. The van der Waals surface area contributed by atoms with Gasteiger partial charge in [-0.05, 0) is 30.2 Å². The zero-order chi connectivity index (χ0) is 24.6. The van der Waals surface area contributed by atoms with Gasteiger partial charge < -0.3 is 14.2 Å². The highest BCUT2D eigenvalue weighted by molar-refractivity contribution is 6.18. The van der Waals surface area contributed by atoms with Gasteiger partial charge in [0.2, 0.25) is 6.23 Å². The standard InChI is InChI=1S/C24H27ClN4O5/c1-4-32-22(30)28-23(31)34-20(24(2,3)14-25)21(29-16-26-15-27-29)33-19-12-10-18(11-13-19)17-8-6-5-7-9-17/h5-13,15-16,20-21H,4,14H2,1-3H3,(H,28,30,31). The third kappa shape index (κ3) is 6.48. The first-order chi connectivity index (χ1) is 16.3. The number of alkyl halides is 1. The molecule has 0 spiro atoms. The number of aromatic nitrogens is 3. The van der Waals surface area contributed by atoms with Crippen LogP contribution in [0, 0.1) is 5.41 Å². The summed E-state index contributed by atoms with van der Waals surface area (Å²) in [5.41, 5.74) is 1.32. The molecule has 2 amide bonds. The molecule has 10 heteroatoms. The molecule has 0 aliphatic heterocycles. The van der Waals surface area contributed by atoms with Crippen molar-refractivity contribution in [2.45, 2.75) is 33.1 Å². The van der Waals surface area contributed by atoms with E-state index in [1.165, 1.54) is 17.3 Å². The van der Waals surface area contributed by atoms with E-state index < -0.39 is 29.9 Å². The number of halogens is 1. The summed E-state index contributed by atoms with van der Waals surface area (Å²) in [6.07, 6.45) is -0.980. The molecule has 2 unspecified atom stereocenters. The molecule has 0 fully saturated rings. The molecule has 2 aromatic carbocycles. The lowest BCUT2D eigenvalue weighted by Gasteiger charge is -2.37. The van der Waals surface area contributed by atoms with Crippen LogP contribution in [0.15, 0.2) is 67.3 Å². The van der Waals surface area contributed by atoms with Gasteiger partial charge in [-0.1, -0.05) is 56.3 Å². The summed E-state index contributed by atoms with van der Waals surface area (Å²) in [4.78, 5) is 28.1. The van der Waals surface area contributed by atoms with E-state index in [9.17, 15) is 9.59 Å². The SMILES string of the molecule is CCOC(=O)NC(=O)OC(C(Oc1ccc(-c2ccccc2)cc1)n1cncn1)C(C)(C)CCl. The number of imide groups is 1. The molecule has 9 nitrogen and oxygen atoms in total. The predicted octanol–water partition coefficient (Wildman–Crippen LogP) is 5.04. The molecule has 1 aromatic heterocycles. The van der Waals surface area contributed by atoms with Gasteiger partial charge in [-0.25, -0.2) is 24.6 Å². The fourth-order valence-corrected chi connectivity index (χ4v) is 3.33. The van der Waals surface area contributed by atoms with Crippen LogP contribution in [-0.4, -0.2) is 45.5 Å². The molecule has 1 heterocycles. The number of hydrogen-bond donors (Lipinski definition) is 1. The van der Waals surface area contributed by atoms with E-state index >= 15 is 0 Å². The molecule has 0 radical (unpaired) electrons. The molecule has 34 heavy (non-hydrogen) atoms. The highest BCUT2D eigenvalue weighted by Gasteiger charge is 2.42. The van der Waals surface area contributed by atoms with Crippen molar-refractivity contribution in [2.75, 3.05) is 12.5 Å². The summed E-state index contributed by atoms with van der Waals surface area (Å²) in [5.74, 6) is 0.649. The largest absolute Gasteiger partial charge is 0.465 e. The highest BCUT2D eigenvalue weighted by Crippen LogP contribution is 2.35. The molecule has 2 atom stereocenters. The van der Waals surface area contributed by atoms with Gasteiger partial charge >= 0.3 is 12.2 Å². The van der Waals surface area contributed by atoms with Gasteiger partial charge in [0.05, 0.1) is 6.61 Å². The number of nitrogens with zero attached hydrogens (tertiary/aromatic N) is 3. The van der Waals surface area contributed by atoms with Crippen molar-refractivity contribution in [2.24, 2.45) is 5.41 Å². The molecule has 0 saturated carbocycles. The maximum Gasteiger partial charge on any atom is 0.417 e. The number of rotatable bonds is 9. The Kier molecular flexibility index (Phi) is 8.48. The molecular weight excluding hydrogens is 460 g/mol. The summed E-state index contributed by atoms with van der Waals surface area (Å²) in [5, 5.41) is 6.21. The maximum absolute atomic E-state index is 12.5. The van der Waals surface area contributed by atoms with E-state index in [4.69, 9.17) is 25.8 Å². The van der Waals surface area contributed by atoms with Crippen LogP contribution >= 0.6 is 11.6 Å². The molecule has 0 saturated heterocycles. The van der Waals surface area contributed by atoms with Gasteiger partial charge in [0.25, 0.3) is 0 Å². The first-order valence-electron chi connectivity index (χ1n) is 10.7. The molecule has 0 aliphatic rings. The van der Waals surface area contributed by atoms with E-state index in [-0.39, 0.29) is 12.5 Å². The minimum absolute atomic E-state index is 0.111. The minimum Gasteiger partial charge on any atom is -0.465 e. The number of benzene rings is 2. The van der Waals surface area contributed by atoms with E-state index in [2.05, 4.69) is 10.1 Å². The van der Waals surface area contributed by atoms with Crippen LogP contribution in [0.25, 0.3) is 11.1 Å². The van der Waals surface area contributed by atoms with Gasteiger partial charge in [0, 0.05) is 11.3 Å². The maximum atomic E-state index is 12.5. The van der Waals surface area contributed by atoms with Crippen LogP contribution in [0.3, 0.4) is 0 Å². The Labute approximate surface area is 203 Å². The van der Waals surface area contributed by atoms with Crippen LogP contribution in [0.1, 0.15) is 27.0 Å². The van der Waals surface area contributed by atoms with Gasteiger partial charge in [-0.3, -0.25) is 0 Å². The van der Waals surface area contributed by atoms with Crippen LogP contribution in [-0.2, 0) is 9.47 Å². The second-order valence-corrected chi connectivity index (χ2v) is 8.34. The second-order valence-electron chi connectivity index (χ2n) is 8.07. The third-order valence-electron chi connectivity index (χ3n) is 5.00. The van der Waals surface area contributed by atoms with Gasteiger partial charge in [-0.15, -0.1) is 11.6 Å². The summed E-state index contributed by atoms with van der Waals surface area (Å²) in [6, 6.07) is 17.4. The Morgan fingerprint density at radius 2 is 1.74 bits per heavy atom.